The second-order valence-corrected chi connectivity index (χ2v) is 10.1. The Morgan fingerprint density at radius 1 is 1.41 bits per heavy atom. The summed E-state index contributed by atoms with van der Waals surface area (Å²) in [5, 5.41) is 12.3. The molecule has 0 bridgehead atoms. The van der Waals surface area contributed by atoms with Crippen molar-refractivity contribution in [3.05, 3.63) is 39.6 Å². The van der Waals surface area contributed by atoms with Gasteiger partial charge in [-0.3, -0.25) is 0 Å². The zero-order valence-corrected chi connectivity index (χ0v) is 19.2. The summed E-state index contributed by atoms with van der Waals surface area (Å²) in [6.45, 7) is 2.95. The molecule has 1 aliphatic rings. The zero-order valence-electron chi connectivity index (χ0n) is 16.9. The molecule has 1 aromatic carbocycles. The third-order valence-electron chi connectivity index (χ3n) is 4.76. The van der Waals surface area contributed by atoms with E-state index in [0.717, 1.165) is 13.0 Å². The highest BCUT2D eigenvalue weighted by atomic mass is 35.5. The molecule has 0 spiro atoms. The fraction of sp³-hybridized carbons (Fsp3) is 0.444. The molecule has 14 heteroatoms. The maximum Gasteiger partial charge on any atom is 0.490 e. The minimum absolute atomic E-state index is 0.175. The predicted octanol–water partition coefficient (Wildman–Crippen LogP) is 3.73. The maximum atomic E-state index is 14.6. The van der Waals surface area contributed by atoms with E-state index < -0.39 is 27.8 Å². The largest absolute Gasteiger partial charge is 0.490 e. The van der Waals surface area contributed by atoms with Crippen LogP contribution in [-0.4, -0.2) is 56.3 Å². The molecule has 2 N–H and O–H groups in total. The van der Waals surface area contributed by atoms with Crippen LogP contribution >= 0.6 is 22.9 Å². The number of aliphatic carboxylic acids is 1. The molecule has 0 unspecified atom stereocenters. The van der Waals surface area contributed by atoms with Gasteiger partial charge in [-0.1, -0.05) is 11.6 Å². The van der Waals surface area contributed by atoms with Gasteiger partial charge in [-0.25, -0.2) is 22.6 Å². The van der Waals surface area contributed by atoms with E-state index in [-0.39, 0.29) is 27.8 Å². The first-order valence-electron chi connectivity index (χ1n) is 9.09. The van der Waals surface area contributed by atoms with E-state index in [1.807, 2.05) is 11.9 Å². The topological polar surface area (TPSA) is 99.6 Å². The van der Waals surface area contributed by atoms with Crippen molar-refractivity contribution in [1.29, 1.82) is 0 Å². The molecular formula is C18H20ClF4N3O4S2. The van der Waals surface area contributed by atoms with Gasteiger partial charge in [-0.2, -0.15) is 13.2 Å². The zero-order chi connectivity index (χ0) is 24.3. The van der Waals surface area contributed by atoms with E-state index >= 15 is 0 Å². The Bertz CT molecular complexity index is 1050. The summed E-state index contributed by atoms with van der Waals surface area (Å²) in [7, 11) is -2.01. The van der Waals surface area contributed by atoms with E-state index in [0.29, 0.717) is 11.4 Å². The fourth-order valence-electron chi connectivity index (χ4n) is 3.16. The van der Waals surface area contributed by atoms with Crippen LogP contribution in [0.1, 0.15) is 19.0 Å². The minimum Gasteiger partial charge on any atom is -0.475 e. The van der Waals surface area contributed by atoms with Crippen molar-refractivity contribution in [2.24, 2.45) is 0 Å². The molecule has 1 aliphatic heterocycles. The number of benzene rings is 1. The lowest BCUT2D eigenvalue weighted by Crippen LogP contribution is -2.40. The fourth-order valence-corrected chi connectivity index (χ4v) is 5.54. The van der Waals surface area contributed by atoms with Crippen LogP contribution in [0, 0.1) is 5.82 Å². The highest BCUT2D eigenvalue weighted by molar-refractivity contribution is 7.90. The third kappa shape index (κ3) is 6.53. The van der Waals surface area contributed by atoms with Crippen LogP contribution in [0.5, 0.6) is 0 Å². The van der Waals surface area contributed by atoms with E-state index in [9.17, 15) is 26.0 Å². The molecule has 178 valence electrons. The lowest BCUT2D eigenvalue weighted by Gasteiger charge is -2.30. The number of thiazole rings is 1. The highest BCUT2D eigenvalue weighted by Crippen LogP contribution is 2.34. The van der Waals surface area contributed by atoms with Crippen LogP contribution in [0.2, 0.25) is 5.02 Å². The first-order valence-corrected chi connectivity index (χ1v) is 12.1. The van der Waals surface area contributed by atoms with Crippen molar-refractivity contribution in [3.63, 3.8) is 0 Å². The number of nitrogens with zero attached hydrogens (tertiary/aromatic N) is 2. The van der Waals surface area contributed by atoms with Gasteiger partial charge in [-0.05, 0) is 26.0 Å². The molecule has 1 aromatic heterocycles. The monoisotopic (exact) mass is 517 g/mol. The molecule has 1 fully saturated rings. The third-order valence-corrected chi connectivity index (χ3v) is 7.36. The quantitative estimate of drug-likeness (QED) is 0.583. The van der Waals surface area contributed by atoms with Gasteiger partial charge in [-0.15, -0.1) is 11.3 Å². The van der Waals surface area contributed by atoms with Gasteiger partial charge in [0.15, 0.2) is 9.84 Å². The smallest absolute Gasteiger partial charge is 0.475 e. The van der Waals surface area contributed by atoms with Crippen LogP contribution < -0.4 is 10.2 Å². The molecule has 1 saturated heterocycles. The van der Waals surface area contributed by atoms with E-state index in [4.69, 9.17) is 21.5 Å². The molecule has 32 heavy (non-hydrogen) atoms. The van der Waals surface area contributed by atoms with E-state index in [2.05, 4.69) is 17.2 Å². The van der Waals surface area contributed by atoms with Gasteiger partial charge in [0.25, 0.3) is 0 Å². The van der Waals surface area contributed by atoms with Crippen molar-refractivity contribution < 1.29 is 35.9 Å². The number of aromatic nitrogens is 1. The number of likely N-dealkylation sites (N-methyl/N-ethyl adjacent to an activating group) is 1. The number of nitrogens with one attached hydrogen (secondary N) is 1. The number of rotatable bonds is 5. The summed E-state index contributed by atoms with van der Waals surface area (Å²) in [4.78, 5) is 14.4. The molecule has 7 nitrogen and oxygen atoms in total. The lowest BCUT2D eigenvalue weighted by molar-refractivity contribution is -0.192. The number of anilines is 1. The number of carboxylic acids is 1. The molecule has 0 amide bonds. The summed E-state index contributed by atoms with van der Waals surface area (Å²) in [6, 6.07) is 2.84. The summed E-state index contributed by atoms with van der Waals surface area (Å²) in [5.74, 6) is -3.89. The molecule has 2 aromatic rings. The van der Waals surface area contributed by atoms with E-state index in [1.165, 1.54) is 23.5 Å². The van der Waals surface area contributed by atoms with Gasteiger partial charge in [0, 0.05) is 30.6 Å². The van der Waals surface area contributed by atoms with Gasteiger partial charge in [0.1, 0.15) is 10.7 Å². The molecule has 0 radical (unpaired) electrons. The molecule has 0 saturated carbocycles. The predicted molar refractivity (Wildman–Crippen MR) is 112 cm³/mol. The van der Waals surface area contributed by atoms with Crippen molar-refractivity contribution >= 4 is 44.4 Å². The summed E-state index contributed by atoms with van der Waals surface area (Å²) in [6.07, 6.45) is -4.17. The molecule has 2 heterocycles. The van der Waals surface area contributed by atoms with Gasteiger partial charge >= 0.3 is 12.1 Å². The molecule has 3 rings (SSSR count). The summed E-state index contributed by atoms with van der Waals surface area (Å²) >= 11 is 7.60. The van der Waals surface area contributed by atoms with E-state index in [1.54, 1.807) is 10.9 Å². The SMILES string of the molecule is C[C@H]1NCC[C@H]1N(C)c1cc(F)c(S(=O)(=O)Cc2cscn2)cc1Cl.O=C(O)C(F)(F)F. The second kappa shape index (κ2) is 10.3. The Hall–Kier alpha value is -1.96. The average Bonchev–Trinajstić information content (AvgIpc) is 3.33. The standard InChI is InChI=1S/C16H19ClFN3O2S2.C2HF3O2/c1-10-14(3-4-19-10)21(2)15-6-13(18)16(5-12(15)17)25(22,23)8-11-7-24-9-20-11;3-2(4,5)1(6)7/h5-7,9-10,14,19H,3-4,8H2,1-2H3;(H,6,7)/t10-,14-;/m1./s1. The number of alkyl halides is 3. The Labute approximate surface area is 190 Å². The van der Waals surface area contributed by atoms with Crippen molar-refractivity contribution in [3.8, 4) is 0 Å². The Kier molecular flexibility index (Phi) is 8.48. The van der Waals surface area contributed by atoms with Gasteiger partial charge in [0.05, 0.1) is 27.7 Å². The highest BCUT2D eigenvalue weighted by Gasteiger charge is 2.38. The second-order valence-electron chi connectivity index (χ2n) is 6.99. The van der Waals surface area contributed by atoms with Gasteiger partial charge in [0.2, 0.25) is 0 Å². The first-order chi connectivity index (χ1) is 14.7. The van der Waals surface area contributed by atoms with Crippen LogP contribution in [0.3, 0.4) is 0 Å². The number of sulfone groups is 1. The first kappa shape index (κ1) is 26.3. The number of hydrogen-bond acceptors (Lipinski definition) is 7. The number of hydrogen-bond donors (Lipinski definition) is 2. The Morgan fingerprint density at radius 2 is 2.03 bits per heavy atom. The number of carbonyl (C=O) groups is 1. The van der Waals surface area contributed by atoms with Crippen LogP contribution in [0.25, 0.3) is 0 Å². The van der Waals surface area contributed by atoms with Gasteiger partial charge < -0.3 is 15.3 Å². The number of carboxylic acid groups (broad SMARTS) is 1. The minimum atomic E-state index is -5.08. The normalized spacial score (nSPS) is 18.7. The van der Waals surface area contributed by atoms with Crippen molar-refractivity contribution in [2.45, 2.75) is 42.3 Å². The molecule has 2 atom stereocenters. The maximum absolute atomic E-state index is 14.6. The summed E-state index contributed by atoms with van der Waals surface area (Å²) in [5.41, 5.74) is 2.43. The Morgan fingerprint density at radius 3 is 2.50 bits per heavy atom. The molecular weight excluding hydrogens is 498 g/mol. The van der Waals surface area contributed by atoms with Crippen molar-refractivity contribution in [1.82, 2.24) is 10.3 Å². The van der Waals surface area contributed by atoms with Crippen LogP contribution in [0.15, 0.2) is 27.9 Å². The average molecular weight is 518 g/mol. The van der Waals surface area contributed by atoms with Crippen LogP contribution in [-0.2, 0) is 20.4 Å². The lowest BCUT2D eigenvalue weighted by atomic mass is 10.1. The van der Waals surface area contributed by atoms with Crippen LogP contribution in [0.4, 0.5) is 23.2 Å². The Balaban J connectivity index is 0.000000451. The number of halogens is 5. The molecule has 0 aliphatic carbocycles. The van der Waals surface area contributed by atoms with Crippen molar-refractivity contribution in [2.75, 3.05) is 18.5 Å². The summed E-state index contributed by atoms with van der Waals surface area (Å²) < 4.78 is 71.3.